The number of rotatable bonds is 11. The van der Waals surface area contributed by atoms with E-state index in [4.69, 9.17) is 14.2 Å². The Balaban J connectivity index is 1.46. The van der Waals surface area contributed by atoms with E-state index in [0.29, 0.717) is 12.2 Å². The predicted molar refractivity (Wildman–Crippen MR) is 139 cm³/mol. The molecule has 0 saturated carbocycles. The molecule has 0 amide bonds. The number of H-pyrrole nitrogens is 1. The molecule has 0 aliphatic carbocycles. The summed E-state index contributed by atoms with van der Waals surface area (Å²) in [5, 5.41) is 8.42. The van der Waals surface area contributed by atoms with Crippen LogP contribution in [0, 0.1) is 0 Å². The van der Waals surface area contributed by atoms with E-state index in [2.05, 4.69) is 33.0 Å². The molecule has 3 aromatic rings. The van der Waals surface area contributed by atoms with Gasteiger partial charge in [-0.15, -0.1) is 0 Å². The van der Waals surface area contributed by atoms with Crippen molar-refractivity contribution in [2.24, 2.45) is 0 Å². The van der Waals surface area contributed by atoms with E-state index in [1.54, 1.807) is 7.11 Å². The highest BCUT2D eigenvalue weighted by Gasteiger charge is 2.37. The van der Waals surface area contributed by atoms with Crippen molar-refractivity contribution in [2.75, 3.05) is 53.7 Å². The topological polar surface area (TPSA) is 62.9 Å². The molecule has 37 heavy (non-hydrogen) atoms. The third-order valence-electron chi connectivity index (χ3n) is 7.55. The van der Waals surface area contributed by atoms with Gasteiger partial charge in [-0.25, -0.2) is 4.39 Å². The average Bonchev–Trinajstić information content (AvgIpc) is 3.35. The second kappa shape index (κ2) is 11.3. The summed E-state index contributed by atoms with van der Waals surface area (Å²) >= 11 is 0. The zero-order valence-corrected chi connectivity index (χ0v) is 21.8. The Hall–Kier alpha value is -2.75. The summed E-state index contributed by atoms with van der Waals surface area (Å²) in [6, 6.07) is 9.99. The van der Waals surface area contributed by atoms with E-state index in [9.17, 15) is 8.78 Å². The van der Waals surface area contributed by atoms with Gasteiger partial charge >= 0.3 is 0 Å². The first-order valence-corrected chi connectivity index (χ1v) is 13.0. The monoisotopic (exact) mass is 514 g/mol. The van der Waals surface area contributed by atoms with Crippen molar-refractivity contribution >= 4 is 10.9 Å². The lowest BCUT2D eigenvalue weighted by molar-refractivity contribution is 0.0183. The van der Waals surface area contributed by atoms with Crippen LogP contribution >= 0.6 is 0 Å². The van der Waals surface area contributed by atoms with Crippen molar-refractivity contribution in [3.63, 3.8) is 0 Å². The van der Waals surface area contributed by atoms with Crippen LogP contribution in [0.4, 0.5) is 8.78 Å². The second-order valence-corrected chi connectivity index (χ2v) is 10.1. The summed E-state index contributed by atoms with van der Waals surface area (Å²) in [5.74, 6) is 1.44. The smallest absolute Gasteiger partial charge is 0.136 e. The zero-order valence-electron chi connectivity index (χ0n) is 21.8. The summed E-state index contributed by atoms with van der Waals surface area (Å²) in [7, 11) is 3.18. The van der Waals surface area contributed by atoms with Crippen molar-refractivity contribution in [2.45, 2.75) is 44.1 Å². The van der Waals surface area contributed by atoms with Gasteiger partial charge in [-0.2, -0.15) is 5.10 Å². The molecule has 2 aliphatic heterocycles. The highest BCUT2D eigenvalue weighted by atomic mass is 19.1. The molecule has 2 unspecified atom stereocenters. The molecule has 1 saturated heterocycles. The van der Waals surface area contributed by atoms with Gasteiger partial charge < -0.3 is 14.2 Å². The SMILES string of the molecule is COCC(F)CN1C(c2ccc(OC3CN(CCCF)C3)cc2OC)c2ccc3[nH]ncc3c2C[C@H]1C. The number of nitrogens with zero attached hydrogens (tertiary/aromatic N) is 3. The number of methoxy groups -OCH3 is 2. The van der Waals surface area contributed by atoms with Crippen LogP contribution in [0.15, 0.2) is 36.5 Å². The highest BCUT2D eigenvalue weighted by Crippen LogP contribution is 2.44. The molecular formula is C28H36F2N4O3. The van der Waals surface area contributed by atoms with E-state index in [1.807, 2.05) is 30.5 Å². The number of fused-ring (bicyclic) bond motifs is 3. The van der Waals surface area contributed by atoms with Gasteiger partial charge in [0.15, 0.2) is 0 Å². The van der Waals surface area contributed by atoms with Crippen molar-refractivity contribution in [1.29, 1.82) is 0 Å². The second-order valence-electron chi connectivity index (χ2n) is 10.1. The molecule has 1 aromatic heterocycles. The summed E-state index contributed by atoms with van der Waals surface area (Å²) in [4.78, 5) is 4.41. The number of hydrogen-bond acceptors (Lipinski definition) is 6. The lowest BCUT2D eigenvalue weighted by Crippen LogP contribution is -2.53. The molecule has 3 heterocycles. The van der Waals surface area contributed by atoms with Crippen LogP contribution in [0.2, 0.25) is 0 Å². The molecule has 5 rings (SSSR count). The van der Waals surface area contributed by atoms with Gasteiger partial charge in [0, 0.05) is 56.3 Å². The molecule has 3 atom stereocenters. The van der Waals surface area contributed by atoms with Crippen molar-refractivity contribution in [3.8, 4) is 11.5 Å². The standard InChI is InChI=1S/C28H36F2N4O3/c1-18-11-24-22(7-8-26-25(24)13-31-32-26)28(34(18)14-19(30)17-35-2)23-6-5-20(12-27(23)36-3)37-21-15-33(16-21)10-4-9-29/h5-8,12-13,18-19,21,28H,4,9-11,14-17H2,1-3H3,(H,31,32)/t18-,19?,28?/m1/s1. The number of alkyl halides is 2. The fourth-order valence-corrected chi connectivity index (χ4v) is 5.76. The highest BCUT2D eigenvalue weighted by molar-refractivity contribution is 5.83. The first kappa shape index (κ1) is 25.9. The van der Waals surface area contributed by atoms with Crippen molar-refractivity contribution in [3.05, 3.63) is 53.2 Å². The Morgan fingerprint density at radius 2 is 1.97 bits per heavy atom. The Morgan fingerprint density at radius 1 is 1.16 bits per heavy atom. The van der Waals surface area contributed by atoms with E-state index < -0.39 is 6.17 Å². The number of ether oxygens (including phenoxy) is 3. The van der Waals surface area contributed by atoms with Crippen LogP contribution in [0.25, 0.3) is 10.9 Å². The van der Waals surface area contributed by atoms with E-state index in [0.717, 1.165) is 53.8 Å². The maximum Gasteiger partial charge on any atom is 0.136 e. The van der Waals surface area contributed by atoms with Crippen LogP contribution in [0.5, 0.6) is 11.5 Å². The molecule has 7 nitrogen and oxygen atoms in total. The predicted octanol–water partition coefficient (Wildman–Crippen LogP) is 4.31. The third-order valence-corrected chi connectivity index (χ3v) is 7.55. The Morgan fingerprint density at radius 3 is 2.73 bits per heavy atom. The number of likely N-dealkylation sites (tertiary alicyclic amines) is 1. The third kappa shape index (κ3) is 5.30. The van der Waals surface area contributed by atoms with Gasteiger partial charge in [0.1, 0.15) is 23.8 Å². The van der Waals surface area contributed by atoms with Crippen molar-refractivity contribution < 1.29 is 23.0 Å². The van der Waals surface area contributed by atoms with Gasteiger partial charge in [0.05, 0.1) is 38.1 Å². The number of benzene rings is 2. The first-order valence-electron chi connectivity index (χ1n) is 13.0. The molecule has 1 fully saturated rings. The summed E-state index contributed by atoms with van der Waals surface area (Å²) in [5.41, 5.74) is 4.32. The summed E-state index contributed by atoms with van der Waals surface area (Å²) in [6.07, 6.45) is 2.20. The lowest BCUT2D eigenvalue weighted by atomic mass is 9.83. The number of aromatic amines is 1. The number of halogens is 2. The summed E-state index contributed by atoms with van der Waals surface area (Å²) < 4.78 is 44.5. The van der Waals surface area contributed by atoms with Gasteiger partial charge in [0.2, 0.25) is 0 Å². The fourth-order valence-electron chi connectivity index (χ4n) is 5.76. The number of nitrogens with one attached hydrogen (secondary N) is 1. The van der Waals surface area contributed by atoms with Gasteiger partial charge in [-0.05, 0) is 49.1 Å². The molecule has 0 bridgehead atoms. The minimum atomic E-state index is -1.11. The minimum absolute atomic E-state index is 0.0528. The molecule has 1 N–H and O–H groups in total. The van der Waals surface area contributed by atoms with Gasteiger partial charge in [-0.1, -0.05) is 6.07 Å². The summed E-state index contributed by atoms with van der Waals surface area (Å²) in [6.45, 7) is 4.51. The van der Waals surface area contributed by atoms with Gasteiger partial charge in [0.25, 0.3) is 0 Å². The minimum Gasteiger partial charge on any atom is -0.496 e. The molecule has 0 radical (unpaired) electrons. The van der Waals surface area contributed by atoms with E-state index >= 15 is 0 Å². The van der Waals surface area contributed by atoms with Crippen molar-refractivity contribution in [1.82, 2.24) is 20.0 Å². The average molecular weight is 515 g/mol. The Labute approximate surface area is 216 Å². The molecule has 9 heteroatoms. The Bertz CT molecular complexity index is 1200. The fraction of sp³-hybridized carbons (Fsp3) is 0.536. The van der Waals surface area contributed by atoms with Crippen LogP contribution in [-0.2, 0) is 11.2 Å². The molecule has 200 valence electrons. The maximum atomic E-state index is 14.9. The zero-order chi connectivity index (χ0) is 25.9. The van der Waals surface area contributed by atoms with Crippen LogP contribution in [-0.4, -0.2) is 92.0 Å². The van der Waals surface area contributed by atoms with Crippen LogP contribution < -0.4 is 9.47 Å². The molecular weight excluding hydrogens is 478 g/mol. The number of hydrogen-bond donors (Lipinski definition) is 1. The van der Waals surface area contributed by atoms with Gasteiger partial charge in [-0.3, -0.25) is 19.3 Å². The molecule has 2 aromatic carbocycles. The number of aromatic nitrogens is 2. The Kier molecular flexibility index (Phi) is 7.92. The molecule has 2 aliphatic rings. The molecule has 0 spiro atoms. The first-order chi connectivity index (χ1) is 18.0. The largest absolute Gasteiger partial charge is 0.496 e. The lowest BCUT2D eigenvalue weighted by Gasteiger charge is -2.43. The van der Waals surface area contributed by atoms with E-state index in [-0.39, 0.29) is 38.0 Å². The normalized spacial score (nSPS) is 21.5. The quantitative estimate of drug-likeness (QED) is 0.411. The van der Waals surface area contributed by atoms with E-state index in [1.165, 1.54) is 12.7 Å². The van der Waals surface area contributed by atoms with Crippen LogP contribution in [0.1, 0.15) is 36.1 Å². The maximum absolute atomic E-state index is 14.9. The van der Waals surface area contributed by atoms with Crippen LogP contribution in [0.3, 0.4) is 0 Å².